The molecule has 2 heterocycles. The minimum atomic E-state index is -0.444. The van der Waals surface area contributed by atoms with Crippen LogP contribution in [-0.4, -0.2) is 48.5 Å². The molecule has 0 spiro atoms. The molecule has 0 aromatic heterocycles. The van der Waals surface area contributed by atoms with E-state index in [-0.39, 0.29) is 0 Å². The number of rotatable bonds is 2. The molecular weight excluding hydrogens is 190 g/mol. The second-order valence-corrected chi connectivity index (χ2v) is 4.95. The predicted molar refractivity (Wildman–Crippen MR) is 59.8 cm³/mol. The summed E-state index contributed by atoms with van der Waals surface area (Å²) in [5, 5.41) is 10.7. The van der Waals surface area contributed by atoms with Crippen molar-refractivity contribution in [1.29, 1.82) is 0 Å². The number of likely N-dealkylation sites (tertiary alicyclic amines) is 1. The van der Waals surface area contributed by atoms with Crippen LogP contribution in [0.3, 0.4) is 0 Å². The first kappa shape index (κ1) is 11.4. The Morgan fingerprint density at radius 2 is 2.27 bits per heavy atom. The molecule has 0 aromatic carbocycles. The summed E-state index contributed by atoms with van der Waals surface area (Å²) in [6.45, 7) is 7.10. The summed E-state index contributed by atoms with van der Waals surface area (Å²) >= 11 is 0. The van der Waals surface area contributed by atoms with Gasteiger partial charge in [0.25, 0.3) is 0 Å². The van der Waals surface area contributed by atoms with Gasteiger partial charge < -0.3 is 14.7 Å². The molecular formula is C12H23NO2. The molecule has 15 heavy (non-hydrogen) atoms. The highest BCUT2D eigenvalue weighted by molar-refractivity contribution is 4.91. The summed E-state index contributed by atoms with van der Waals surface area (Å²) < 4.78 is 5.40. The highest BCUT2D eigenvalue weighted by Gasteiger charge is 2.39. The Morgan fingerprint density at radius 1 is 1.40 bits per heavy atom. The van der Waals surface area contributed by atoms with E-state index >= 15 is 0 Å². The first-order valence-corrected chi connectivity index (χ1v) is 6.27. The van der Waals surface area contributed by atoms with Gasteiger partial charge in [0.2, 0.25) is 0 Å². The van der Waals surface area contributed by atoms with Crippen LogP contribution in [-0.2, 0) is 4.74 Å². The van der Waals surface area contributed by atoms with Crippen LogP contribution in [0.25, 0.3) is 0 Å². The van der Waals surface area contributed by atoms with Crippen molar-refractivity contribution in [2.24, 2.45) is 5.92 Å². The minimum Gasteiger partial charge on any atom is -0.389 e. The SMILES string of the molecule is CCN1CCCC(O)(C2CCOC2)CC1. The lowest BCUT2D eigenvalue weighted by atomic mass is 9.81. The molecule has 0 amide bonds. The Labute approximate surface area is 92.4 Å². The van der Waals surface area contributed by atoms with E-state index in [1.165, 1.54) is 0 Å². The van der Waals surface area contributed by atoms with Crippen LogP contribution in [0.2, 0.25) is 0 Å². The molecule has 0 saturated carbocycles. The first-order chi connectivity index (χ1) is 7.24. The number of ether oxygens (including phenoxy) is 1. The third-order valence-electron chi connectivity index (χ3n) is 4.08. The number of aliphatic hydroxyl groups is 1. The van der Waals surface area contributed by atoms with E-state index in [4.69, 9.17) is 4.74 Å². The third-order valence-corrected chi connectivity index (χ3v) is 4.08. The maximum absolute atomic E-state index is 10.7. The van der Waals surface area contributed by atoms with E-state index in [0.29, 0.717) is 5.92 Å². The Kier molecular flexibility index (Phi) is 3.65. The zero-order valence-corrected chi connectivity index (χ0v) is 9.74. The fourth-order valence-corrected chi connectivity index (χ4v) is 2.88. The summed E-state index contributed by atoms with van der Waals surface area (Å²) in [6, 6.07) is 0. The smallest absolute Gasteiger partial charge is 0.0711 e. The van der Waals surface area contributed by atoms with E-state index in [0.717, 1.165) is 58.5 Å². The molecule has 2 unspecified atom stereocenters. The van der Waals surface area contributed by atoms with E-state index < -0.39 is 5.60 Å². The zero-order valence-electron chi connectivity index (χ0n) is 9.74. The predicted octanol–water partition coefficient (Wildman–Crippen LogP) is 1.26. The lowest BCUT2D eigenvalue weighted by Crippen LogP contribution is -2.39. The minimum absolute atomic E-state index is 0.384. The lowest BCUT2D eigenvalue weighted by Gasteiger charge is -2.32. The van der Waals surface area contributed by atoms with Crippen LogP contribution in [0, 0.1) is 5.92 Å². The molecule has 2 aliphatic rings. The topological polar surface area (TPSA) is 32.7 Å². The quantitative estimate of drug-likeness (QED) is 0.749. The zero-order chi connectivity index (χ0) is 10.7. The number of nitrogens with zero attached hydrogens (tertiary/aromatic N) is 1. The third kappa shape index (κ3) is 2.52. The fourth-order valence-electron chi connectivity index (χ4n) is 2.88. The maximum Gasteiger partial charge on any atom is 0.0711 e. The van der Waals surface area contributed by atoms with Gasteiger partial charge in [0.05, 0.1) is 12.2 Å². The molecule has 0 radical (unpaired) electrons. The van der Waals surface area contributed by atoms with Crippen LogP contribution in [0.1, 0.15) is 32.6 Å². The molecule has 2 saturated heterocycles. The second-order valence-electron chi connectivity index (χ2n) is 4.95. The van der Waals surface area contributed by atoms with Gasteiger partial charge in [0.1, 0.15) is 0 Å². The van der Waals surface area contributed by atoms with E-state index in [1.807, 2.05) is 0 Å². The molecule has 2 fully saturated rings. The molecule has 2 aliphatic heterocycles. The van der Waals surface area contributed by atoms with Crippen molar-refractivity contribution in [3.05, 3.63) is 0 Å². The van der Waals surface area contributed by atoms with Gasteiger partial charge in [-0.3, -0.25) is 0 Å². The maximum atomic E-state index is 10.7. The van der Waals surface area contributed by atoms with Crippen molar-refractivity contribution in [3.8, 4) is 0 Å². The van der Waals surface area contributed by atoms with Gasteiger partial charge in [-0.1, -0.05) is 6.92 Å². The Bertz CT molecular complexity index is 204. The van der Waals surface area contributed by atoms with Gasteiger partial charge in [0.15, 0.2) is 0 Å². The normalized spacial score (nSPS) is 39.2. The molecule has 2 atom stereocenters. The van der Waals surface area contributed by atoms with Crippen molar-refractivity contribution in [2.75, 3.05) is 32.8 Å². The van der Waals surface area contributed by atoms with Gasteiger partial charge >= 0.3 is 0 Å². The fraction of sp³-hybridized carbons (Fsp3) is 1.00. The summed E-state index contributed by atoms with van der Waals surface area (Å²) in [6.07, 6.45) is 4.05. The Hall–Kier alpha value is -0.120. The summed E-state index contributed by atoms with van der Waals surface area (Å²) in [5.74, 6) is 0.384. The van der Waals surface area contributed by atoms with E-state index in [2.05, 4.69) is 11.8 Å². The van der Waals surface area contributed by atoms with Crippen LogP contribution < -0.4 is 0 Å². The summed E-state index contributed by atoms with van der Waals surface area (Å²) in [7, 11) is 0. The largest absolute Gasteiger partial charge is 0.389 e. The second kappa shape index (κ2) is 4.81. The molecule has 3 nitrogen and oxygen atoms in total. The summed E-state index contributed by atoms with van der Waals surface area (Å²) in [5.41, 5.74) is -0.444. The van der Waals surface area contributed by atoms with Crippen LogP contribution in [0.15, 0.2) is 0 Å². The van der Waals surface area contributed by atoms with Gasteiger partial charge in [0, 0.05) is 19.1 Å². The van der Waals surface area contributed by atoms with Gasteiger partial charge in [-0.05, 0) is 38.8 Å². The van der Waals surface area contributed by atoms with Gasteiger partial charge in [-0.15, -0.1) is 0 Å². The van der Waals surface area contributed by atoms with E-state index in [9.17, 15) is 5.11 Å². The average Bonchev–Trinajstić information content (AvgIpc) is 2.71. The van der Waals surface area contributed by atoms with Gasteiger partial charge in [-0.2, -0.15) is 0 Å². The molecule has 0 bridgehead atoms. The van der Waals surface area contributed by atoms with Crippen molar-refractivity contribution in [3.63, 3.8) is 0 Å². The van der Waals surface area contributed by atoms with Crippen molar-refractivity contribution >= 4 is 0 Å². The molecule has 0 aromatic rings. The Morgan fingerprint density at radius 3 is 2.93 bits per heavy atom. The number of hydrogen-bond acceptors (Lipinski definition) is 3. The first-order valence-electron chi connectivity index (χ1n) is 6.27. The van der Waals surface area contributed by atoms with Gasteiger partial charge in [-0.25, -0.2) is 0 Å². The van der Waals surface area contributed by atoms with Crippen molar-refractivity contribution in [2.45, 2.75) is 38.2 Å². The molecule has 88 valence electrons. The molecule has 3 heteroatoms. The average molecular weight is 213 g/mol. The summed E-state index contributed by atoms with van der Waals surface area (Å²) in [4.78, 5) is 2.44. The number of hydrogen-bond donors (Lipinski definition) is 1. The highest BCUT2D eigenvalue weighted by atomic mass is 16.5. The Balaban J connectivity index is 1.95. The van der Waals surface area contributed by atoms with E-state index in [1.54, 1.807) is 0 Å². The monoisotopic (exact) mass is 213 g/mol. The molecule has 2 rings (SSSR count). The molecule has 0 aliphatic carbocycles. The van der Waals surface area contributed by atoms with Crippen LogP contribution in [0.4, 0.5) is 0 Å². The van der Waals surface area contributed by atoms with Crippen LogP contribution in [0.5, 0.6) is 0 Å². The molecule has 1 N–H and O–H groups in total. The van der Waals surface area contributed by atoms with Crippen molar-refractivity contribution in [1.82, 2.24) is 4.90 Å². The highest BCUT2D eigenvalue weighted by Crippen LogP contribution is 2.34. The van der Waals surface area contributed by atoms with Crippen molar-refractivity contribution < 1.29 is 9.84 Å². The lowest BCUT2D eigenvalue weighted by molar-refractivity contribution is -0.0335. The van der Waals surface area contributed by atoms with Crippen LogP contribution >= 0.6 is 0 Å². The standard InChI is InChI=1S/C12H23NO2/c1-2-13-7-3-5-12(14,6-8-13)11-4-9-15-10-11/h11,14H,2-10H2,1H3.